The summed E-state index contributed by atoms with van der Waals surface area (Å²) in [7, 11) is 5.59. The Kier molecular flexibility index (Phi) is 4.69. The summed E-state index contributed by atoms with van der Waals surface area (Å²) >= 11 is 0. The van der Waals surface area contributed by atoms with E-state index in [4.69, 9.17) is 0 Å². The van der Waals surface area contributed by atoms with Gasteiger partial charge in [-0.3, -0.25) is 4.79 Å². The average molecular weight is 246 g/mol. The number of benzene rings is 1. The predicted molar refractivity (Wildman–Crippen MR) is 73.8 cm³/mol. The molecule has 0 spiro atoms. The van der Waals surface area contributed by atoms with Gasteiger partial charge in [-0.25, -0.2) is 4.79 Å². The Labute approximate surface area is 108 Å². The van der Waals surface area contributed by atoms with Gasteiger partial charge in [0.25, 0.3) is 0 Å². The van der Waals surface area contributed by atoms with Crippen molar-refractivity contribution < 1.29 is 9.59 Å². The number of nitrogens with zero attached hydrogens (tertiary/aromatic N) is 2. The molecule has 96 valence electrons. The van der Waals surface area contributed by atoms with Gasteiger partial charge in [0.05, 0.1) is 0 Å². The summed E-state index contributed by atoms with van der Waals surface area (Å²) in [6.45, 7) is 1.52. The maximum absolute atomic E-state index is 11.5. The molecule has 4 nitrogen and oxygen atoms in total. The van der Waals surface area contributed by atoms with Crippen molar-refractivity contribution in [2.24, 2.45) is 0 Å². The molecule has 4 heteroatoms. The second-order valence-corrected chi connectivity index (χ2v) is 4.27. The van der Waals surface area contributed by atoms with Crippen LogP contribution in [0.5, 0.6) is 0 Å². The number of allylic oxidation sites excluding steroid dienone is 1. The number of amides is 1. The molecule has 0 saturated heterocycles. The van der Waals surface area contributed by atoms with Crippen molar-refractivity contribution in [3.05, 3.63) is 29.8 Å². The molecule has 0 heterocycles. The van der Waals surface area contributed by atoms with Gasteiger partial charge >= 0.3 is 0 Å². The van der Waals surface area contributed by atoms with Crippen LogP contribution in [-0.4, -0.2) is 33.0 Å². The summed E-state index contributed by atoms with van der Waals surface area (Å²) in [5.74, 6) is 1.74. The fourth-order valence-electron chi connectivity index (χ4n) is 1.82. The summed E-state index contributed by atoms with van der Waals surface area (Å²) in [5, 5.41) is 0. The molecule has 0 N–H and O–H groups in total. The number of hydrogen-bond donors (Lipinski definition) is 0. The summed E-state index contributed by atoms with van der Waals surface area (Å²) in [6, 6.07) is 5.74. The van der Waals surface area contributed by atoms with Crippen molar-refractivity contribution in [2.75, 3.05) is 30.9 Å². The van der Waals surface area contributed by atoms with Crippen LogP contribution in [0, 0.1) is 0 Å². The Morgan fingerprint density at radius 3 is 2.39 bits per heavy atom. The average Bonchev–Trinajstić information content (AvgIpc) is 2.34. The Bertz CT molecular complexity index is 489. The van der Waals surface area contributed by atoms with Crippen LogP contribution in [0.1, 0.15) is 12.5 Å². The van der Waals surface area contributed by atoms with Crippen LogP contribution in [0.25, 0.3) is 0 Å². The Morgan fingerprint density at radius 2 is 1.89 bits per heavy atom. The molecule has 1 amide bonds. The van der Waals surface area contributed by atoms with Crippen molar-refractivity contribution in [1.29, 1.82) is 0 Å². The highest BCUT2D eigenvalue weighted by Crippen LogP contribution is 2.29. The second-order valence-electron chi connectivity index (χ2n) is 4.27. The van der Waals surface area contributed by atoms with Gasteiger partial charge in [-0.15, -0.1) is 0 Å². The first kappa shape index (κ1) is 14.0. The minimum absolute atomic E-state index is 0.0396. The standard InChI is InChI=1S/C14H18N2O2/c1-11(18)16(4)14-9-5-8-13(15(2)3)12(14)7-6-10-17/h5-6,8-9H,7H2,1-4H3. The van der Waals surface area contributed by atoms with Crippen molar-refractivity contribution in [3.63, 3.8) is 0 Å². The molecule has 1 aromatic carbocycles. The van der Waals surface area contributed by atoms with E-state index in [-0.39, 0.29) is 5.91 Å². The third-order valence-corrected chi connectivity index (χ3v) is 2.83. The summed E-state index contributed by atoms with van der Waals surface area (Å²) in [6.07, 6.45) is 1.89. The van der Waals surface area contributed by atoms with Gasteiger partial charge in [0.2, 0.25) is 5.91 Å². The Hall–Kier alpha value is -2.06. The molecule has 0 radical (unpaired) electrons. The Morgan fingerprint density at radius 1 is 1.28 bits per heavy atom. The molecule has 0 aliphatic rings. The van der Waals surface area contributed by atoms with Crippen molar-refractivity contribution in [3.8, 4) is 0 Å². The fraction of sp³-hybridized carbons (Fsp3) is 0.357. The van der Waals surface area contributed by atoms with E-state index in [1.807, 2.05) is 37.2 Å². The minimum atomic E-state index is -0.0396. The van der Waals surface area contributed by atoms with Gasteiger partial charge in [-0.2, -0.15) is 0 Å². The first-order chi connectivity index (χ1) is 8.49. The zero-order valence-electron chi connectivity index (χ0n) is 11.2. The van der Waals surface area contributed by atoms with Crippen LogP contribution in [0.2, 0.25) is 0 Å². The van der Waals surface area contributed by atoms with Crippen LogP contribution in [0.4, 0.5) is 11.4 Å². The van der Waals surface area contributed by atoms with Gasteiger partial charge in [-0.1, -0.05) is 6.07 Å². The number of carbonyl (C=O) groups excluding carboxylic acids is 2. The quantitative estimate of drug-likeness (QED) is 0.759. The molecule has 18 heavy (non-hydrogen) atoms. The molecule has 1 aromatic rings. The molecular formula is C14H18N2O2. The van der Waals surface area contributed by atoms with E-state index in [0.717, 1.165) is 16.9 Å². The molecule has 0 aliphatic carbocycles. The lowest BCUT2D eigenvalue weighted by Gasteiger charge is -2.24. The first-order valence-electron chi connectivity index (χ1n) is 5.72. The molecule has 0 bridgehead atoms. The highest BCUT2D eigenvalue weighted by molar-refractivity contribution is 5.93. The van der Waals surface area contributed by atoms with Crippen molar-refractivity contribution in [1.82, 2.24) is 0 Å². The monoisotopic (exact) mass is 246 g/mol. The summed E-state index contributed by atoms with van der Waals surface area (Å²) < 4.78 is 0. The lowest BCUT2D eigenvalue weighted by Crippen LogP contribution is -2.25. The molecule has 0 unspecified atom stereocenters. The number of carbonyl (C=O) groups is 1. The number of anilines is 2. The lowest BCUT2D eigenvalue weighted by molar-refractivity contribution is -0.116. The van der Waals surface area contributed by atoms with E-state index in [2.05, 4.69) is 0 Å². The SMILES string of the molecule is CC(=O)N(C)c1cccc(N(C)C)c1CC=C=O. The first-order valence-corrected chi connectivity index (χ1v) is 5.72. The molecule has 1 rings (SSSR count). The molecule has 0 aromatic heterocycles. The van der Waals surface area contributed by atoms with Gasteiger partial charge < -0.3 is 9.80 Å². The normalized spacial score (nSPS) is 9.56. The van der Waals surface area contributed by atoms with E-state index < -0.39 is 0 Å². The maximum Gasteiger partial charge on any atom is 0.223 e. The molecule has 0 saturated carbocycles. The lowest BCUT2D eigenvalue weighted by atomic mass is 10.1. The number of rotatable bonds is 4. The van der Waals surface area contributed by atoms with Crippen LogP contribution < -0.4 is 9.80 Å². The Balaban J connectivity index is 3.35. The zero-order valence-corrected chi connectivity index (χ0v) is 11.2. The maximum atomic E-state index is 11.5. The van der Waals surface area contributed by atoms with Gasteiger partial charge in [0, 0.05) is 57.5 Å². The fourth-order valence-corrected chi connectivity index (χ4v) is 1.82. The predicted octanol–water partition coefficient (Wildman–Crippen LogP) is 1.67. The highest BCUT2D eigenvalue weighted by Gasteiger charge is 2.14. The highest BCUT2D eigenvalue weighted by atomic mass is 16.2. The van der Waals surface area contributed by atoms with Gasteiger partial charge in [-0.05, 0) is 12.1 Å². The zero-order chi connectivity index (χ0) is 13.7. The second kappa shape index (κ2) is 6.03. The molecule has 0 aliphatic heterocycles. The molecule has 0 atom stereocenters. The molecule has 0 fully saturated rings. The number of hydrogen-bond acceptors (Lipinski definition) is 3. The van der Waals surface area contributed by atoms with Crippen LogP contribution in [0.15, 0.2) is 24.3 Å². The minimum Gasteiger partial charge on any atom is -0.377 e. The third-order valence-electron chi connectivity index (χ3n) is 2.83. The van der Waals surface area contributed by atoms with E-state index in [9.17, 15) is 9.59 Å². The third kappa shape index (κ3) is 2.99. The van der Waals surface area contributed by atoms with Crippen molar-refractivity contribution >= 4 is 23.2 Å². The van der Waals surface area contributed by atoms with Gasteiger partial charge in [0.1, 0.15) is 5.94 Å². The van der Waals surface area contributed by atoms with E-state index in [1.165, 1.54) is 13.0 Å². The van der Waals surface area contributed by atoms with Crippen LogP contribution in [0.3, 0.4) is 0 Å². The smallest absolute Gasteiger partial charge is 0.223 e. The van der Waals surface area contributed by atoms with E-state index >= 15 is 0 Å². The summed E-state index contributed by atoms with van der Waals surface area (Å²) in [5.41, 5.74) is 2.76. The topological polar surface area (TPSA) is 40.6 Å². The van der Waals surface area contributed by atoms with Crippen molar-refractivity contribution in [2.45, 2.75) is 13.3 Å². The van der Waals surface area contributed by atoms with E-state index in [0.29, 0.717) is 6.42 Å². The summed E-state index contributed by atoms with van der Waals surface area (Å²) in [4.78, 5) is 25.4. The van der Waals surface area contributed by atoms with Crippen LogP contribution in [-0.2, 0) is 16.0 Å². The van der Waals surface area contributed by atoms with Gasteiger partial charge in [0.15, 0.2) is 0 Å². The largest absolute Gasteiger partial charge is 0.377 e. The van der Waals surface area contributed by atoms with E-state index in [1.54, 1.807) is 17.9 Å². The molecular weight excluding hydrogens is 228 g/mol. The van der Waals surface area contributed by atoms with Crippen LogP contribution >= 0.6 is 0 Å².